The highest BCUT2D eigenvalue weighted by atomic mass is 16.5. The summed E-state index contributed by atoms with van der Waals surface area (Å²) >= 11 is 0. The van der Waals surface area contributed by atoms with E-state index in [0.717, 1.165) is 18.4 Å². The minimum atomic E-state index is 0.168. The van der Waals surface area contributed by atoms with Gasteiger partial charge < -0.3 is 19.1 Å². The minimum Gasteiger partial charge on any atom is -0.493 e. The normalized spacial score (nSPS) is 16.1. The summed E-state index contributed by atoms with van der Waals surface area (Å²) in [6.45, 7) is 1.92. The fourth-order valence-electron chi connectivity index (χ4n) is 3.40. The van der Waals surface area contributed by atoms with Crippen LogP contribution in [-0.4, -0.2) is 38.2 Å². The molecule has 1 amide bonds. The maximum Gasteiger partial charge on any atom is 0.227 e. The van der Waals surface area contributed by atoms with E-state index in [1.54, 1.807) is 19.1 Å². The molecule has 3 rings (SSSR count). The molecule has 29 heavy (non-hydrogen) atoms. The zero-order chi connectivity index (χ0) is 20.5. The molecule has 0 fully saturated rings. The Hall–Kier alpha value is -2.79. The van der Waals surface area contributed by atoms with Crippen molar-refractivity contribution in [2.75, 3.05) is 27.4 Å². The predicted molar refractivity (Wildman–Crippen MR) is 113 cm³/mol. The molecule has 1 heterocycles. The van der Waals surface area contributed by atoms with Crippen LogP contribution in [0.15, 0.2) is 60.8 Å². The van der Waals surface area contributed by atoms with E-state index in [4.69, 9.17) is 14.2 Å². The van der Waals surface area contributed by atoms with E-state index in [1.165, 1.54) is 5.56 Å². The van der Waals surface area contributed by atoms with Crippen molar-refractivity contribution in [3.05, 3.63) is 71.9 Å². The number of hydrogen-bond acceptors (Lipinski definition) is 4. The van der Waals surface area contributed by atoms with Gasteiger partial charge in [-0.15, -0.1) is 0 Å². The average molecular weight is 395 g/mol. The molecule has 0 saturated carbocycles. The molecule has 0 radical (unpaired) electrons. The van der Waals surface area contributed by atoms with E-state index in [0.29, 0.717) is 37.7 Å². The molecule has 0 bridgehead atoms. The van der Waals surface area contributed by atoms with Crippen LogP contribution in [0, 0.1) is 5.92 Å². The van der Waals surface area contributed by atoms with Crippen molar-refractivity contribution in [3.63, 3.8) is 0 Å². The molecule has 5 nitrogen and oxygen atoms in total. The van der Waals surface area contributed by atoms with Crippen molar-refractivity contribution in [3.8, 4) is 11.5 Å². The average Bonchev–Trinajstić information content (AvgIpc) is 2.76. The van der Waals surface area contributed by atoms with Crippen LogP contribution < -0.4 is 9.47 Å². The summed E-state index contributed by atoms with van der Waals surface area (Å²) in [5.41, 5.74) is 2.28. The molecule has 0 saturated heterocycles. The number of methoxy groups -OCH3 is 2. The van der Waals surface area contributed by atoms with E-state index in [1.807, 2.05) is 42.6 Å². The Labute approximate surface area is 172 Å². The fraction of sp³-hybridized carbons (Fsp3) is 0.375. The number of rotatable bonds is 10. The number of hydrogen-bond donors (Lipinski definition) is 0. The van der Waals surface area contributed by atoms with Crippen molar-refractivity contribution in [2.45, 2.75) is 25.9 Å². The smallest absolute Gasteiger partial charge is 0.227 e. The van der Waals surface area contributed by atoms with Gasteiger partial charge >= 0.3 is 0 Å². The number of ether oxygens (including phenoxy) is 3. The lowest BCUT2D eigenvalue weighted by Gasteiger charge is -2.26. The lowest BCUT2D eigenvalue weighted by Crippen LogP contribution is -2.32. The molecular weight excluding hydrogens is 366 g/mol. The van der Waals surface area contributed by atoms with E-state index in [9.17, 15) is 4.79 Å². The Morgan fingerprint density at radius 3 is 2.52 bits per heavy atom. The van der Waals surface area contributed by atoms with Crippen LogP contribution in [0.3, 0.4) is 0 Å². The molecule has 1 aliphatic heterocycles. The summed E-state index contributed by atoms with van der Waals surface area (Å²) in [5, 5.41) is 0. The van der Waals surface area contributed by atoms with Gasteiger partial charge in [-0.05, 0) is 42.0 Å². The Balaban J connectivity index is 1.43. The first-order chi connectivity index (χ1) is 14.2. The molecule has 1 unspecified atom stereocenters. The van der Waals surface area contributed by atoms with Crippen LogP contribution in [0.4, 0.5) is 0 Å². The standard InChI is InChI=1S/C24H29NO4/c1-27-22-9-8-19(16-23(22)28-2)10-13-25-14-11-20(17-24(25)26)12-15-29-18-21-6-4-3-5-7-21/h3-9,11,14,16,20H,10,12-13,15,17-18H2,1-2H3. The lowest BCUT2D eigenvalue weighted by molar-refractivity contribution is -0.130. The maximum absolute atomic E-state index is 12.5. The van der Waals surface area contributed by atoms with Gasteiger partial charge in [-0.1, -0.05) is 42.5 Å². The fourth-order valence-corrected chi connectivity index (χ4v) is 3.40. The first-order valence-corrected chi connectivity index (χ1v) is 10.00. The third-order valence-electron chi connectivity index (χ3n) is 5.13. The van der Waals surface area contributed by atoms with Crippen LogP contribution in [0.5, 0.6) is 11.5 Å². The van der Waals surface area contributed by atoms with Crippen molar-refractivity contribution >= 4 is 5.91 Å². The van der Waals surface area contributed by atoms with Gasteiger partial charge in [-0.3, -0.25) is 4.79 Å². The van der Waals surface area contributed by atoms with Crippen molar-refractivity contribution in [1.29, 1.82) is 0 Å². The van der Waals surface area contributed by atoms with Gasteiger partial charge in [-0.25, -0.2) is 0 Å². The molecule has 0 aromatic heterocycles. The summed E-state index contributed by atoms with van der Waals surface area (Å²) in [6.07, 6.45) is 6.22. The van der Waals surface area contributed by atoms with Crippen molar-refractivity contribution in [1.82, 2.24) is 4.90 Å². The molecule has 0 aliphatic carbocycles. The summed E-state index contributed by atoms with van der Waals surface area (Å²) in [7, 11) is 3.25. The monoisotopic (exact) mass is 395 g/mol. The van der Waals surface area contributed by atoms with E-state index >= 15 is 0 Å². The van der Waals surface area contributed by atoms with Crippen LogP contribution in [0.1, 0.15) is 24.0 Å². The molecule has 2 aromatic carbocycles. The maximum atomic E-state index is 12.5. The van der Waals surface area contributed by atoms with Crippen LogP contribution in [0.25, 0.3) is 0 Å². The highest BCUT2D eigenvalue weighted by Crippen LogP contribution is 2.28. The molecule has 0 spiro atoms. The van der Waals surface area contributed by atoms with Crippen LogP contribution in [-0.2, 0) is 22.6 Å². The molecule has 1 atom stereocenters. The topological polar surface area (TPSA) is 48.0 Å². The molecule has 154 valence electrons. The van der Waals surface area contributed by atoms with E-state index < -0.39 is 0 Å². The van der Waals surface area contributed by atoms with Gasteiger partial charge in [0.1, 0.15) is 0 Å². The third kappa shape index (κ3) is 6.09. The summed E-state index contributed by atoms with van der Waals surface area (Å²) in [6, 6.07) is 16.0. The predicted octanol–water partition coefficient (Wildman–Crippen LogP) is 4.22. The van der Waals surface area contributed by atoms with E-state index in [-0.39, 0.29) is 11.8 Å². The number of carbonyl (C=O) groups is 1. The molecule has 0 N–H and O–H groups in total. The van der Waals surface area contributed by atoms with Gasteiger partial charge in [0.15, 0.2) is 11.5 Å². The molecular formula is C24H29NO4. The number of benzene rings is 2. The number of amides is 1. The molecule has 2 aromatic rings. The quantitative estimate of drug-likeness (QED) is 0.565. The summed E-state index contributed by atoms with van der Waals surface area (Å²) in [5.74, 6) is 1.83. The zero-order valence-corrected chi connectivity index (χ0v) is 17.2. The lowest BCUT2D eigenvalue weighted by atomic mass is 9.98. The number of allylic oxidation sites excluding steroid dienone is 1. The Morgan fingerprint density at radius 2 is 1.79 bits per heavy atom. The highest BCUT2D eigenvalue weighted by Gasteiger charge is 2.21. The highest BCUT2D eigenvalue weighted by molar-refractivity contribution is 5.78. The zero-order valence-electron chi connectivity index (χ0n) is 17.2. The van der Waals surface area contributed by atoms with Crippen LogP contribution in [0.2, 0.25) is 0 Å². The Bertz CT molecular complexity index is 819. The minimum absolute atomic E-state index is 0.168. The second-order valence-electron chi connectivity index (χ2n) is 7.16. The first-order valence-electron chi connectivity index (χ1n) is 10.00. The SMILES string of the molecule is COc1ccc(CCN2C=CC(CCOCc3ccccc3)CC2=O)cc1OC. The summed E-state index contributed by atoms with van der Waals surface area (Å²) < 4.78 is 16.4. The summed E-state index contributed by atoms with van der Waals surface area (Å²) in [4.78, 5) is 14.3. The van der Waals surface area contributed by atoms with Gasteiger partial charge in [0.2, 0.25) is 5.91 Å². The third-order valence-corrected chi connectivity index (χ3v) is 5.13. The second-order valence-corrected chi connectivity index (χ2v) is 7.16. The van der Waals surface area contributed by atoms with Gasteiger partial charge in [0, 0.05) is 25.8 Å². The van der Waals surface area contributed by atoms with E-state index in [2.05, 4.69) is 18.2 Å². The van der Waals surface area contributed by atoms with Gasteiger partial charge in [-0.2, -0.15) is 0 Å². The van der Waals surface area contributed by atoms with Crippen molar-refractivity contribution < 1.29 is 19.0 Å². The number of nitrogens with zero attached hydrogens (tertiary/aromatic N) is 1. The second kappa shape index (κ2) is 10.7. The Morgan fingerprint density at radius 1 is 1.00 bits per heavy atom. The first kappa shape index (κ1) is 20.9. The Kier molecular flexibility index (Phi) is 7.70. The van der Waals surface area contributed by atoms with Crippen molar-refractivity contribution in [2.24, 2.45) is 5.92 Å². The van der Waals surface area contributed by atoms with Gasteiger partial charge in [0.25, 0.3) is 0 Å². The molecule has 1 aliphatic rings. The largest absolute Gasteiger partial charge is 0.493 e. The number of carbonyl (C=O) groups excluding carboxylic acids is 1. The molecule has 5 heteroatoms. The van der Waals surface area contributed by atoms with Gasteiger partial charge in [0.05, 0.1) is 20.8 Å². The van der Waals surface area contributed by atoms with Crippen LogP contribution >= 0.6 is 0 Å².